The second-order valence-electron chi connectivity index (χ2n) is 3.61. The molecule has 0 aliphatic carbocycles. The van der Waals surface area contributed by atoms with Gasteiger partial charge in [0.05, 0.1) is 12.4 Å². The van der Waals surface area contributed by atoms with Gasteiger partial charge in [0, 0.05) is 0 Å². The molecule has 0 saturated heterocycles. The molecule has 0 bridgehead atoms. The average molecular weight is 246 g/mol. The van der Waals surface area contributed by atoms with Gasteiger partial charge in [0.15, 0.2) is 0 Å². The lowest BCUT2D eigenvalue weighted by atomic mass is 10.2. The summed E-state index contributed by atoms with van der Waals surface area (Å²) >= 11 is 0. The summed E-state index contributed by atoms with van der Waals surface area (Å²) in [6, 6.07) is 7.56. The van der Waals surface area contributed by atoms with Crippen LogP contribution in [0.15, 0.2) is 24.3 Å². The second-order valence-corrected chi connectivity index (χ2v) is 5.10. The van der Waals surface area contributed by atoms with Crippen LogP contribution in [0.1, 0.15) is 18.4 Å². The molecule has 16 heavy (non-hydrogen) atoms. The molecule has 3 nitrogen and oxygen atoms in total. The number of aryl methyl sites for hydroxylation is 1. The standard InChI is InChI=1S/C11H15FO3S/c1-10-4-6-11(7-5-10)15-8-2-3-9-16(12,13)14/h4-7H,2-3,8-9H2,1H3. The lowest BCUT2D eigenvalue weighted by Crippen LogP contribution is -2.02. The van der Waals surface area contributed by atoms with Gasteiger partial charge in [-0.15, -0.1) is 3.89 Å². The van der Waals surface area contributed by atoms with E-state index in [1.165, 1.54) is 0 Å². The first-order valence-electron chi connectivity index (χ1n) is 5.09. The Morgan fingerprint density at radius 2 is 1.81 bits per heavy atom. The third-order valence-corrected chi connectivity index (χ3v) is 2.85. The Morgan fingerprint density at radius 3 is 2.38 bits per heavy atom. The van der Waals surface area contributed by atoms with E-state index >= 15 is 0 Å². The summed E-state index contributed by atoms with van der Waals surface area (Å²) in [4.78, 5) is 0. The Labute approximate surface area is 95.5 Å². The first-order chi connectivity index (χ1) is 7.47. The van der Waals surface area contributed by atoms with Gasteiger partial charge in [-0.3, -0.25) is 0 Å². The largest absolute Gasteiger partial charge is 0.494 e. The molecular formula is C11H15FO3S. The molecule has 0 amide bonds. The summed E-state index contributed by atoms with van der Waals surface area (Å²) in [6.07, 6.45) is 0.807. The van der Waals surface area contributed by atoms with E-state index in [1.807, 2.05) is 31.2 Å². The van der Waals surface area contributed by atoms with Crippen LogP contribution in [0.5, 0.6) is 5.75 Å². The van der Waals surface area contributed by atoms with E-state index in [4.69, 9.17) is 4.74 Å². The van der Waals surface area contributed by atoms with Crippen LogP contribution in [-0.4, -0.2) is 20.8 Å². The van der Waals surface area contributed by atoms with Crippen molar-refractivity contribution < 1.29 is 17.0 Å². The van der Waals surface area contributed by atoms with Gasteiger partial charge in [-0.1, -0.05) is 17.7 Å². The Balaban J connectivity index is 2.19. The van der Waals surface area contributed by atoms with Crippen molar-refractivity contribution in [3.8, 4) is 5.75 Å². The van der Waals surface area contributed by atoms with Gasteiger partial charge in [-0.25, -0.2) is 0 Å². The number of halogens is 1. The lowest BCUT2D eigenvalue weighted by Gasteiger charge is -2.05. The third-order valence-electron chi connectivity index (χ3n) is 2.07. The zero-order valence-corrected chi connectivity index (χ0v) is 9.97. The van der Waals surface area contributed by atoms with Gasteiger partial charge in [-0.05, 0) is 31.9 Å². The quantitative estimate of drug-likeness (QED) is 0.572. The molecule has 5 heteroatoms. The summed E-state index contributed by atoms with van der Waals surface area (Å²) in [7, 11) is -4.33. The van der Waals surface area contributed by atoms with Crippen molar-refractivity contribution in [3.63, 3.8) is 0 Å². The van der Waals surface area contributed by atoms with E-state index < -0.39 is 16.0 Å². The molecule has 0 aliphatic heterocycles. The first-order valence-corrected chi connectivity index (χ1v) is 6.64. The van der Waals surface area contributed by atoms with Gasteiger partial charge in [0.25, 0.3) is 0 Å². The monoisotopic (exact) mass is 246 g/mol. The predicted molar refractivity (Wildman–Crippen MR) is 60.8 cm³/mol. The van der Waals surface area contributed by atoms with E-state index in [9.17, 15) is 12.3 Å². The summed E-state index contributed by atoms with van der Waals surface area (Å²) < 4.78 is 37.9. The van der Waals surface area contributed by atoms with Crippen molar-refractivity contribution in [2.24, 2.45) is 0 Å². The molecule has 0 fully saturated rings. The molecule has 90 valence electrons. The lowest BCUT2D eigenvalue weighted by molar-refractivity contribution is 0.309. The highest BCUT2D eigenvalue weighted by molar-refractivity contribution is 7.86. The van der Waals surface area contributed by atoms with E-state index in [0.717, 1.165) is 11.3 Å². The van der Waals surface area contributed by atoms with Crippen molar-refractivity contribution in [2.75, 3.05) is 12.4 Å². The summed E-state index contributed by atoms with van der Waals surface area (Å²) in [5.74, 6) is 0.318. The minimum atomic E-state index is -4.33. The minimum Gasteiger partial charge on any atom is -0.494 e. The number of unbranched alkanes of at least 4 members (excludes halogenated alkanes) is 1. The van der Waals surface area contributed by atoms with Gasteiger partial charge in [0.1, 0.15) is 5.75 Å². The molecule has 0 radical (unpaired) electrons. The normalized spacial score (nSPS) is 11.4. The van der Waals surface area contributed by atoms with Gasteiger partial charge in [-0.2, -0.15) is 8.42 Å². The van der Waals surface area contributed by atoms with Crippen LogP contribution in [0.2, 0.25) is 0 Å². The molecule has 0 N–H and O–H groups in total. The van der Waals surface area contributed by atoms with Crippen LogP contribution >= 0.6 is 0 Å². The molecule has 1 aromatic rings. The number of ether oxygens (including phenoxy) is 1. The van der Waals surface area contributed by atoms with Crippen molar-refractivity contribution in [1.29, 1.82) is 0 Å². The maximum atomic E-state index is 12.1. The maximum absolute atomic E-state index is 12.1. The van der Waals surface area contributed by atoms with Crippen molar-refractivity contribution in [1.82, 2.24) is 0 Å². The summed E-state index contributed by atoms with van der Waals surface area (Å²) in [5.41, 5.74) is 1.15. The van der Waals surface area contributed by atoms with Crippen LogP contribution in [0.25, 0.3) is 0 Å². The zero-order valence-electron chi connectivity index (χ0n) is 9.15. The summed E-state index contributed by atoms with van der Waals surface area (Å²) in [5, 5.41) is 0. The van der Waals surface area contributed by atoms with Crippen LogP contribution in [0.4, 0.5) is 3.89 Å². The molecular weight excluding hydrogens is 231 g/mol. The smallest absolute Gasteiger partial charge is 0.302 e. The molecule has 0 unspecified atom stereocenters. The number of rotatable bonds is 6. The molecule has 0 spiro atoms. The van der Waals surface area contributed by atoms with Crippen molar-refractivity contribution in [2.45, 2.75) is 19.8 Å². The van der Waals surface area contributed by atoms with Crippen molar-refractivity contribution in [3.05, 3.63) is 29.8 Å². The van der Waals surface area contributed by atoms with Crippen LogP contribution < -0.4 is 4.74 Å². The topological polar surface area (TPSA) is 43.4 Å². The van der Waals surface area contributed by atoms with Gasteiger partial charge in [0.2, 0.25) is 0 Å². The van der Waals surface area contributed by atoms with E-state index in [1.54, 1.807) is 0 Å². The number of benzene rings is 1. The van der Waals surface area contributed by atoms with Gasteiger partial charge >= 0.3 is 10.2 Å². The number of hydrogen-bond acceptors (Lipinski definition) is 3. The van der Waals surface area contributed by atoms with Crippen LogP contribution in [0.3, 0.4) is 0 Å². The molecule has 1 rings (SSSR count). The fraction of sp³-hybridized carbons (Fsp3) is 0.455. The first kappa shape index (κ1) is 13.0. The zero-order chi connectivity index (χ0) is 12.0. The van der Waals surface area contributed by atoms with Crippen LogP contribution in [-0.2, 0) is 10.2 Å². The molecule has 0 saturated carbocycles. The highest BCUT2D eigenvalue weighted by Gasteiger charge is 2.05. The molecule has 1 aromatic carbocycles. The van der Waals surface area contributed by atoms with Crippen molar-refractivity contribution >= 4 is 10.2 Å². The third kappa shape index (κ3) is 5.70. The minimum absolute atomic E-state index is 0.282. The van der Waals surface area contributed by atoms with Gasteiger partial charge < -0.3 is 4.74 Å². The Hall–Kier alpha value is -1.10. The van der Waals surface area contributed by atoms with E-state index in [2.05, 4.69) is 0 Å². The molecule has 0 aromatic heterocycles. The Morgan fingerprint density at radius 1 is 1.19 bits per heavy atom. The molecule has 0 atom stereocenters. The molecule has 0 heterocycles. The SMILES string of the molecule is Cc1ccc(OCCCCS(=O)(=O)F)cc1. The number of hydrogen-bond donors (Lipinski definition) is 0. The maximum Gasteiger partial charge on any atom is 0.302 e. The Kier molecular flexibility index (Phi) is 4.73. The average Bonchev–Trinajstić information content (AvgIpc) is 2.19. The fourth-order valence-electron chi connectivity index (χ4n) is 1.20. The van der Waals surface area contributed by atoms with E-state index in [0.29, 0.717) is 13.0 Å². The Bertz CT molecular complexity index is 411. The predicted octanol–water partition coefficient (Wildman–Crippen LogP) is 2.45. The van der Waals surface area contributed by atoms with E-state index in [-0.39, 0.29) is 6.42 Å². The second kappa shape index (κ2) is 5.84. The highest BCUT2D eigenvalue weighted by Crippen LogP contribution is 2.11. The highest BCUT2D eigenvalue weighted by atomic mass is 32.3. The molecule has 0 aliphatic rings. The fourth-order valence-corrected chi connectivity index (χ4v) is 1.75. The van der Waals surface area contributed by atoms with Crippen LogP contribution in [0, 0.1) is 6.92 Å². The summed E-state index contributed by atoms with van der Waals surface area (Å²) in [6.45, 7) is 2.38.